The molecule has 1 aromatic rings. The molecule has 3 nitrogen and oxygen atoms in total. The fraction of sp³-hybridized carbons (Fsp3) is 0.444. The molecule has 0 amide bonds. The summed E-state index contributed by atoms with van der Waals surface area (Å²) in [6.45, 7) is 0. The maximum Gasteiger partial charge on any atom is 0.338 e. The van der Waals surface area contributed by atoms with Crippen molar-refractivity contribution in [3.63, 3.8) is 0 Å². The number of halogens is 2. The molecule has 0 N–H and O–H groups in total. The van der Waals surface area contributed by atoms with Crippen LogP contribution in [0.3, 0.4) is 0 Å². The van der Waals surface area contributed by atoms with Gasteiger partial charge in [-0.2, -0.15) is 5.26 Å². The molecule has 1 aliphatic rings. The van der Waals surface area contributed by atoms with Gasteiger partial charge in [-0.3, -0.25) is 0 Å². The topological polar surface area (TPSA) is 50.1 Å². The zero-order chi connectivity index (χ0) is 16.7. The second kappa shape index (κ2) is 8.42. The van der Waals surface area contributed by atoms with Crippen molar-refractivity contribution in [3.8, 4) is 6.07 Å². The Bertz CT molecular complexity index is 614. The average molecular weight is 319 g/mol. The predicted octanol–water partition coefficient (Wildman–Crippen LogP) is 4.54. The number of allylic oxidation sites excluding steroid dienone is 2. The first-order chi connectivity index (χ1) is 11.1. The summed E-state index contributed by atoms with van der Waals surface area (Å²) in [5, 5.41) is 8.42. The van der Waals surface area contributed by atoms with Gasteiger partial charge in [-0.1, -0.05) is 6.08 Å². The van der Waals surface area contributed by atoms with Crippen LogP contribution in [-0.2, 0) is 4.74 Å². The summed E-state index contributed by atoms with van der Waals surface area (Å²) in [4.78, 5) is 12.0. The van der Waals surface area contributed by atoms with Gasteiger partial charge in [0.2, 0.25) is 0 Å². The van der Waals surface area contributed by atoms with Crippen molar-refractivity contribution in [1.29, 1.82) is 5.26 Å². The van der Waals surface area contributed by atoms with Gasteiger partial charge in [0.15, 0.2) is 11.6 Å². The number of rotatable bonds is 5. The largest absolute Gasteiger partial charge is 0.459 e. The molecule has 0 atom stereocenters. The van der Waals surface area contributed by atoms with E-state index in [1.54, 1.807) is 0 Å². The molecule has 0 aromatic heterocycles. The van der Waals surface area contributed by atoms with Crippen molar-refractivity contribution in [3.05, 3.63) is 47.5 Å². The highest BCUT2D eigenvalue weighted by atomic mass is 19.2. The molecule has 1 aromatic carbocycles. The molecule has 1 fully saturated rings. The Balaban J connectivity index is 1.77. The first kappa shape index (κ1) is 17.1. The number of hydrogen-bond acceptors (Lipinski definition) is 3. The minimum Gasteiger partial charge on any atom is -0.459 e. The van der Waals surface area contributed by atoms with Gasteiger partial charge < -0.3 is 4.74 Å². The first-order valence-corrected chi connectivity index (χ1v) is 7.81. The normalized spacial score (nSPS) is 21.1. The van der Waals surface area contributed by atoms with Crippen molar-refractivity contribution in [2.75, 3.05) is 0 Å². The molecule has 0 saturated heterocycles. The van der Waals surface area contributed by atoms with Gasteiger partial charge in [0.25, 0.3) is 0 Å². The van der Waals surface area contributed by atoms with Crippen LogP contribution in [-0.4, -0.2) is 12.1 Å². The van der Waals surface area contributed by atoms with E-state index in [1.165, 1.54) is 12.1 Å². The van der Waals surface area contributed by atoms with Crippen LogP contribution in [0.4, 0.5) is 8.78 Å². The second-order valence-electron chi connectivity index (χ2n) is 5.79. The minimum absolute atomic E-state index is 0.0349. The lowest BCUT2D eigenvalue weighted by Crippen LogP contribution is -2.24. The number of carbonyl (C=O) groups is 1. The fourth-order valence-corrected chi connectivity index (χ4v) is 2.85. The monoisotopic (exact) mass is 319 g/mol. The van der Waals surface area contributed by atoms with Crippen LogP contribution < -0.4 is 0 Å². The van der Waals surface area contributed by atoms with Crippen molar-refractivity contribution < 1.29 is 18.3 Å². The van der Waals surface area contributed by atoms with Gasteiger partial charge >= 0.3 is 5.97 Å². The predicted molar refractivity (Wildman–Crippen MR) is 81.5 cm³/mol. The highest BCUT2D eigenvalue weighted by molar-refractivity contribution is 5.89. The molecule has 1 saturated carbocycles. The third kappa shape index (κ3) is 5.17. The van der Waals surface area contributed by atoms with E-state index in [-0.39, 0.29) is 11.7 Å². The molecule has 0 bridgehead atoms. The van der Waals surface area contributed by atoms with Crippen LogP contribution in [0.15, 0.2) is 30.4 Å². The molecule has 0 aliphatic heterocycles. The van der Waals surface area contributed by atoms with Gasteiger partial charge in [-0.05, 0) is 62.6 Å². The Kier molecular flexibility index (Phi) is 6.28. The van der Waals surface area contributed by atoms with Crippen LogP contribution >= 0.6 is 0 Å². The molecule has 122 valence electrons. The summed E-state index contributed by atoms with van der Waals surface area (Å²) < 4.78 is 31.4. The average Bonchev–Trinajstić information content (AvgIpc) is 2.55. The summed E-state index contributed by atoms with van der Waals surface area (Å²) in [5.74, 6) is -2.05. The minimum atomic E-state index is -1.05. The lowest BCUT2D eigenvalue weighted by molar-refractivity contribution is 0.0162. The molecule has 0 unspecified atom stereocenters. The lowest BCUT2D eigenvalue weighted by atomic mass is 9.84. The maximum absolute atomic E-state index is 13.1. The zero-order valence-electron chi connectivity index (χ0n) is 12.8. The summed E-state index contributed by atoms with van der Waals surface area (Å²) in [5.41, 5.74) is 0.0349. The van der Waals surface area contributed by atoms with Gasteiger partial charge in [0.1, 0.15) is 6.10 Å². The van der Waals surface area contributed by atoms with Crippen LogP contribution in [0.1, 0.15) is 48.9 Å². The van der Waals surface area contributed by atoms with E-state index in [2.05, 4.69) is 0 Å². The van der Waals surface area contributed by atoms with Crippen molar-refractivity contribution in [2.24, 2.45) is 5.92 Å². The standard InChI is InChI=1S/C18H19F2NO2/c19-16-10-7-14(12-17(16)20)18(22)23-15-8-5-13(6-9-15)4-2-1-3-11-21/h1,3,7,10,12-13,15H,2,4-6,8-9H2/b3-1+/t13-,15-. The summed E-state index contributed by atoms with van der Waals surface area (Å²) in [6.07, 6.45) is 8.61. The number of carbonyl (C=O) groups excluding carboxylic acids is 1. The van der Waals surface area contributed by atoms with Gasteiger partial charge in [0, 0.05) is 6.08 Å². The maximum atomic E-state index is 13.1. The van der Waals surface area contributed by atoms with Crippen LogP contribution in [0.2, 0.25) is 0 Å². The Morgan fingerprint density at radius 1 is 1.26 bits per heavy atom. The summed E-state index contributed by atoms with van der Waals surface area (Å²) in [7, 11) is 0. The van der Waals surface area contributed by atoms with Crippen LogP contribution in [0.25, 0.3) is 0 Å². The number of hydrogen-bond donors (Lipinski definition) is 0. The third-order valence-corrected chi connectivity index (χ3v) is 4.16. The smallest absolute Gasteiger partial charge is 0.338 e. The summed E-state index contributed by atoms with van der Waals surface area (Å²) in [6, 6.07) is 4.99. The molecule has 0 heterocycles. The molecule has 23 heavy (non-hydrogen) atoms. The van der Waals surface area contributed by atoms with E-state index >= 15 is 0 Å². The van der Waals surface area contributed by atoms with E-state index in [0.717, 1.165) is 50.7 Å². The number of nitriles is 1. The Morgan fingerprint density at radius 2 is 2.00 bits per heavy atom. The van der Waals surface area contributed by atoms with E-state index in [4.69, 9.17) is 10.00 Å². The van der Waals surface area contributed by atoms with Gasteiger partial charge in [-0.25, -0.2) is 13.6 Å². The molecular formula is C18H19F2NO2. The SMILES string of the molecule is N#C/C=C/CC[C@H]1CC[C@H](OC(=O)c2ccc(F)c(F)c2)CC1. The molecule has 0 spiro atoms. The second-order valence-corrected chi connectivity index (χ2v) is 5.79. The van der Waals surface area contributed by atoms with E-state index < -0.39 is 17.6 Å². The fourth-order valence-electron chi connectivity index (χ4n) is 2.85. The highest BCUT2D eigenvalue weighted by Crippen LogP contribution is 2.30. The van der Waals surface area contributed by atoms with Crippen molar-refractivity contribution in [2.45, 2.75) is 44.6 Å². The number of benzene rings is 1. The molecule has 2 rings (SSSR count). The molecule has 5 heteroatoms. The first-order valence-electron chi connectivity index (χ1n) is 7.81. The Labute approximate surface area is 134 Å². The number of nitrogens with zero attached hydrogens (tertiary/aromatic N) is 1. The zero-order valence-corrected chi connectivity index (χ0v) is 12.8. The Hall–Kier alpha value is -2.22. The third-order valence-electron chi connectivity index (χ3n) is 4.16. The Morgan fingerprint density at radius 3 is 2.65 bits per heavy atom. The molecule has 1 aliphatic carbocycles. The molecular weight excluding hydrogens is 300 g/mol. The summed E-state index contributed by atoms with van der Waals surface area (Å²) >= 11 is 0. The van der Waals surface area contributed by atoms with Crippen LogP contribution in [0.5, 0.6) is 0 Å². The highest BCUT2D eigenvalue weighted by Gasteiger charge is 2.24. The van der Waals surface area contributed by atoms with E-state index in [0.29, 0.717) is 5.92 Å². The van der Waals surface area contributed by atoms with Crippen LogP contribution in [0, 0.1) is 28.9 Å². The molecule has 0 radical (unpaired) electrons. The lowest BCUT2D eigenvalue weighted by Gasteiger charge is -2.28. The van der Waals surface area contributed by atoms with Gasteiger partial charge in [0.05, 0.1) is 11.6 Å². The van der Waals surface area contributed by atoms with E-state index in [1.807, 2.05) is 12.1 Å². The van der Waals surface area contributed by atoms with Gasteiger partial charge in [-0.15, -0.1) is 0 Å². The van der Waals surface area contributed by atoms with Crippen molar-refractivity contribution >= 4 is 5.97 Å². The van der Waals surface area contributed by atoms with E-state index in [9.17, 15) is 13.6 Å². The number of esters is 1. The van der Waals surface area contributed by atoms with Crippen molar-refractivity contribution in [1.82, 2.24) is 0 Å². The number of ether oxygens (including phenoxy) is 1. The quantitative estimate of drug-likeness (QED) is 0.591.